The van der Waals surface area contributed by atoms with Gasteiger partial charge in [0.1, 0.15) is 12.3 Å². The molecule has 19 heteroatoms. The van der Waals surface area contributed by atoms with Crippen molar-refractivity contribution in [3.05, 3.63) is 12.0 Å². The van der Waals surface area contributed by atoms with Crippen molar-refractivity contribution in [3.8, 4) is 0 Å². The van der Waals surface area contributed by atoms with E-state index in [2.05, 4.69) is 14.2 Å². The summed E-state index contributed by atoms with van der Waals surface area (Å²) in [5.74, 6) is -0.349. The van der Waals surface area contributed by atoms with Crippen LogP contribution in [0.15, 0.2) is 12.0 Å². The van der Waals surface area contributed by atoms with Gasteiger partial charge in [-0.15, -0.1) is 4.86 Å². The third kappa shape index (κ3) is 6.88. The number of aliphatic hydroxyl groups is 2. The molecule has 8 N–H and O–H groups in total. The van der Waals surface area contributed by atoms with Gasteiger partial charge >= 0.3 is 29.3 Å². The van der Waals surface area contributed by atoms with Crippen molar-refractivity contribution in [2.75, 3.05) is 13.2 Å². The number of nitrogens with one attached hydrogen (secondary N) is 2. The molecule has 0 aliphatic carbocycles. The molecule has 1 saturated heterocycles. The van der Waals surface area contributed by atoms with E-state index in [1.165, 1.54) is 6.08 Å². The lowest BCUT2D eigenvalue weighted by atomic mass is 10.2. The quantitative estimate of drug-likeness (QED) is 0.195. The Labute approximate surface area is 157 Å². The fourth-order valence-corrected chi connectivity index (χ4v) is 5.82. The summed E-state index contributed by atoms with van der Waals surface area (Å²) in [5, 5.41) is 21.3. The van der Waals surface area contributed by atoms with E-state index in [0.717, 1.165) is 9.76 Å². The maximum absolute atomic E-state index is 11.8. The highest BCUT2D eigenvalue weighted by Gasteiger charge is 2.42. The van der Waals surface area contributed by atoms with Gasteiger partial charge in [0.25, 0.3) is 0 Å². The topological polar surface area (TPSA) is 245 Å². The summed E-state index contributed by atoms with van der Waals surface area (Å²) in [4.78, 5) is 49.5. The minimum atomic E-state index is -5.45. The van der Waals surface area contributed by atoms with Gasteiger partial charge in [-0.25, -0.2) is 18.5 Å². The van der Waals surface area contributed by atoms with Gasteiger partial charge in [-0.3, -0.25) is 14.7 Å². The van der Waals surface area contributed by atoms with Gasteiger partial charge < -0.3 is 34.5 Å². The molecule has 0 spiro atoms. The van der Waals surface area contributed by atoms with Crippen molar-refractivity contribution < 1.29 is 61.8 Å². The number of aliphatic hydroxyl groups excluding tert-OH is 2. The Hall–Kier alpha value is -0.860. The van der Waals surface area contributed by atoms with Gasteiger partial charge in [-0.05, 0) is 6.08 Å². The Balaban J connectivity index is 1.91. The Kier molecular flexibility index (Phi) is 7.09. The predicted molar refractivity (Wildman–Crippen MR) is 87.1 cm³/mol. The van der Waals surface area contributed by atoms with Crippen molar-refractivity contribution in [2.45, 2.75) is 24.9 Å². The van der Waals surface area contributed by atoms with Crippen LogP contribution in [0.25, 0.3) is 0 Å². The van der Waals surface area contributed by atoms with Crippen molar-refractivity contribution in [3.63, 3.8) is 0 Å². The number of rotatable bonds is 8. The number of amides is 2. The predicted octanol–water partition coefficient (Wildman–Crippen LogP) is -1.20. The Morgan fingerprint density at radius 3 is 2.46 bits per heavy atom. The van der Waals surface area contributed by atoms with Crippen LogP contribution in [0, 0.1) is 0 Å². The molecule has 2 aliphatic rings. The molecule has 0 bridgehead atoms. The minimum Gasteiger partial charge on any atom is -0.495 e. The van der Waals surface area contributed by atoms with E-state index < -0.39 is 54.4 Å². The summed E-state index contributed by atoms with van der Waals surface area (Å²) in [5.41, 5.74) is 0. The van der Waals surface area contributed by atoms with Gasteiger partial charge in [0, 0.05) is 13.0 Å². The fourth-order valence-electron chi connectivity index (χ4n) is 2.33. The van der Waals surface area contributed by atoms with Crippen LogP contribution in [0.2, 0.25) is 0 Å². The fraction of sp³-hybridized carbons (Fsp3) is 0.667. The maximum Gasteiger partial charge on any atom is 0.477 e. The molecule has 2 amide bonds. The van der Waals surface area contributed by atoms with Crippen molar-refractivity contribution >= 4 is 29.3 Å². The summed E-state index contributed by atoms with van der Waals surface area (Å²) in [6.45, 7) is -0.818. The molecule has 2 heterocycles. The molecule has 0 aromatic heterocycles. The number of ether oxygens (including phenoxy) is 1. The van der Waals surface area contributed by atoms with E-state index >= 15 is 0 Å². The lowest BCUT2D eigenvalue weighted by molar-refractivity contribution is -0.0600. The number of carbonyl (C=O) groups excluding carboxylic acids is 1. The molecule has 28 heavy (non-hydrogen) atoms. The lowest BCUT2D eigenvalue weighted by Gasteiger charge is -2.30. The molecule has 2 unspecified atom stereocenters. The van der Waals surface area contributed by atoms with Crippen molar-refractivity contribution in [1.29, 1.82) is 0 Å². The van der Waals surface area contributed by atoms with Crippen LogP contribution >= 0.6 is 23.3 Å². The highest BCUT2D eigenvalue weighted by atomic mass is 31.3. The molecule has 0 radical (unpaired) electrons. The van der Waals surface area contributed by atoms with Gasteiger partial charge in [0.05, 0.1) is 12.7 Å². The zero-order valence-electron chi connectivity index (χ0n) is 13.8. The highest BCUT2D eigenvalue weighted by Crippen LogP contribution is 2.60. The second kappa shape index (κ2) is 8.48. The van der Waals surface area contributed by atoms with Crippen LogP contribution in [0.5, 0.6) is 0 Å². The average molecular weight is 469 g/mol. The second-order valence-electron chi connectivity index (χ2n) is 5.61. The molecule has 1 fully saturated rings. The van der Waals surface area contributed by atoms with Crippen LogP contribution < -0.4 is 10.2 Å². The SMILES string of the molecule is O=C1NC(O)=CCN1[C@H]1C[C@H](O)[C@@H](COP(=O)(O)NP(=O)(O)OP(=O)(O)O)O1. The molecular weight excluding hydrogens is 451 g/mol. The van der Waals surface area contributed by atoms with E-state index in [-0.39, 0.29) is 18.8 Å². The van der Waals surface area contributed by atoms with E-state index in [4.69, 9.17) is 19.4 Å². The highest BCUT2D eigenvalue weighted by molar-refractivity contribution is 7.70. The molecule has 162 valence electrons. The molecule has 2 aliphatic heterocycles. The molecule has 16 nitrogen and oxygen atoms in total. The lowest BCUT2D eigenvalue weighted by Crippen LogP contribution is -2.49. The van der Waals surface area contributed by atoms with Crippen LogP contribution in [-0.4, -0.2) is 72.3 Å². The maximum atomic E-state index is 11.8. The van der Waals surface area contributed by atoms with Gasteiger partial charge in [0.2, 0.25) is 0 Å². The molecular formula is C9H18N3O13P3. The van der Waals surface area contributed by atoms with Gasteiger partial charge in [-0.1, -0.05) is 0 Å². The zero-order valence-corrected chi connectivity index (χ0v) is 16.4. The molecule has 0 aromatic carbocycles. The van der Waals surface area contributed by atoms with E-state index in [0.29, 0.717) is 0 Å². The molecule has 5 atom stereocenters. The van der Waals surface area contributed by atoms with Gasteiger partial charge in [0.15, 0.2) is 5.88 Å². The number of nitrogens with zero attached hydrogens (tertiary/aromatic N) is 1. The Morgan fingerprint density at radius 1 is 1.25 bits per heavy atom. The zero-order chi connectivity index (χ0) is 21.3. The minimum absolute atomic E-state index is 0.0317. The number of phosphoric acid groups is 1. The third-order valence-electron chi connectivity index (χ3n) is 3.41. The second-order valence-corrected chi connectivity index (χ2v) is 10.4. The van der Waals surface area contributed by atoms with Crippen LogP contribution in [0.4, 0.5) is 4.79 Å². The average Bonchev–Trinajstić information content (AvgIpc) is 2.82. The van der Waals surface area contributed by atoms with Crippen molar-refractivity contribution in [2.24, 2.45) is 0 Å². The smallest absolute Gasteiger partial charge is 0.477 e. The number of urea groups is 1. The summed E-state index contributed by atoms with van der Waals surface area (Å²) in [6, 6.07) is -0.705. The normalized spacial score (nSPS) is 30.3. The van der Waals surface area contributed by atoms with Gasteiger partial charge in [-0.2, -0.15) is 4.31 Å². The number of carbonyl (C=O) groups is 1. The first kappa shape index (κ1) is 23.4. The third-order valence-corrected chi connectivity index (χ3v) is 7.67. The van der Waals surface area contributed by atoms with Crippen LogP contribution in [0.3, 0.4) is 0 Å². The van der Waals surface area contributed by atoms with Crippen LogP contribution in [0.1, 0.15) is 6.42 Å². The molecule has 0 aromatic rings. The van der Waals surface area contributed by atoms with Crippen molar-refractivity contribution in [1.82, 2.24) is 15.1 Å². The molecule has 2 rings (SSSR count). The summed E-state index contributed by atoms with van der Waals surface area (Å²) >= 11 is 0. The monoisotopic (exact) mass is 469 g/mol. The summed E-state index contributed by atoms with van der Waals surface area (Å²) in [6.07, 6.45) is -2.25. The Bertz CT molecular complexity index is 782. The first-order chi connectivity index (χ1) is 12.7. The van der Waals surface area contributed by atoms with E-state index in [1.54, 1.807) is 0 Å². The van der Waals surface area contributed by atoms with E-state index in [1.807, 2.05) is 0 Å². The first-order valence-electron chi connectivity index (χ1n) is 7.34. The van der Waals surface area contributed by atoms with E-state index in [9.17, 15) is 33.6 Å². The standard InChI is InChI=1S/C9H18N3O13P3/c13-5-3-8(12-2-1-7(14)10-9(12)15)24-6(5)4-23-26(16,17)11-27(18,19)25-28(20,21)22/h1,5-6,8,13-14H,2-4H2,(H,10,15)(H2,20,21,22)(H3,11,16,17,18,19)/t5-,6+,8+/m0/s1. The first-order valence-corrected chi connectivity index (χ1v) is 12.0. The number of hydrogen-bond acceptors (Lipinski definition) is 9. The Morgan fingerprint density at radius 2 is 1.89 bits per heavy atom. The largest absolute Gasteiger partial charge is 0.495 e. The summed E-state index contributed by atoms with van der Waals surface area (Å²) < 4.78 is 47.0. The summed E-state index contributed by atoms with van der Waals surface area (Å²) in [7, 11) is -16.0. The van der Waals surface area contributed by atoms with Crippen LogP contribution in [-0.2, 0) is 27.3 Å². The number of hydrogen-bond donors (Lipinski definition) is 8. The molecule has 0 saturated carbocycles.